The van der Waals surface area contributed by atoms with Crippen molar-refractivity contribution in [3.8, 4) is 0 Å². The average molecular weight is 185 g/mol. The van der Waals surface area contributed by atoms with Crippen LogP contribution in [0.1, 0.15) is 34.1 Å². The first-order chi connectivity index (χ1) is 5.93. The molecule has 3 heteroatoms. The predicted molar refractivity (Wildman–Crippen MR) is 52.3 cm³/mol. The van der Waals surface area contributed by atoms with Gasteiger partial charge in [0.15, 0.2) is 0 Å². The van der Waals surface area contributed by atoms with Crippen molar-refractivity contribution in [2.45, 2.75) is 34.1 Å². The smallest absolute Gasteiger partial charge is 0.227 e. The molecule has 0 saturated carbocycles. The van der Waals surface area contributed by atoms with Crippen LogP contribution in [0.25, 0.3) is 0 Å². The summed E-state index contributed by atoms with van der Waals surface area (Å²) < 4.78 is 0. The van der Waals surface area contributed by atoms with Crippen LogP contribution in [0.3, 0.4) is 0 Å². The summed E-state index contributed by atoms with van der Waals surface area (Å²) in [4.78, 5) is 22.3. The van der Waals surface area contributed by atoms with Gasteiger partial charge in [0.25, 0.3) is 0 Å². The van der Waals surface area contributed by atoms with Crippen LogP contribution in [0.4, 0.5) is 0 Å². The van der Waals surface area contributed by atoms with Crippen LogP contribution >= 0.6 is 0 Å². The van der Waals surface area contributed by atoms with Gasteiger partial charge in [0.2, 0.25) is 5.91 Å². The van der Waals surface area contributed by atoms with E-state index in [1.165, 1.54) is 0 Å². The van der Waals surface area contributed by atoms with Crippen molar-refractivity contribution in [1.29, 1.82) is 0 Å². The van der Waals surface area contributed by atoms with E-state index in [0.29, 0.717) is 12.5 Å². The van der Waals surface area contributed by atoms with Gasteiger partial charge in [-0.25, -0.2) is 0 Å². The highest BCUT2D eigenvalue weighted by atomic mass is 16.2. The number of carbonyl (C=O) groups excluding carboxylic acids is 2. The Labute approximate surface area is 79.9 Å². The molecule has 0 heterocycles. The van der Waals surface area contributed by atoms with Crippen molar-refractivity contribution in [1.82, 2.24) is 5.32 Å². The third kappa shape index (κ3) is 6.31. The first-order valence-electron chi connectivity index (χ1n) is 4.73. The first-order valence-corrected chi connectivity index (χ1v) is 4.73. The van der Waals surface area contributed by atoms with Gasteiger partial charge in [0.05, 0.1) is 6.42 Å². The zero-order chi connectivity index (χ0) is 10.4. The Kier molecular flexibility index (Phi) is 5.35. The molecule has 0 aliphatic heterocycles. The summed E-state index contributed by atoms with van der Waals surface area (Å²) in [5, 5.41) is 2.71. The van der Waals surface area contributed by atoms with Crippen molar-refractivity contribution in [2.75, 3.05) is 6.54 Å². The molecule has 0 aliphatic carbocycles. The molecule has 0 aromatic rings. The monoisotopic (exact) mass is 185 g/mol. The maximum Gasteiger partial charge on any atom is 0.227 e. The molecule has 1 amide bonds. The predicted octanol–water partition coefficient (Wildman–Crippen LogP) is 1.37. The molecular formula is C10H19NO2. The third-order valence-corrected chi connectivity index (χ3v) is 1.69. The maximum atomic E-state index is 11.1. The van der Waals surface area contributed by atoms with E-state index in [-0.39, 0.29) is 24.0 Å². The molecule has 0 rings (SSSR count). The van der Waals surface area contributed by atoms with Crippen LogP contribution in [0.2, 0.25) is 0 Å². The van der Waals surface area contributed by atoms with Gasteiger partial charge in [-0.3, -0.25) is 9.59 Å². The molecule has 13 heavy (non-hydrogen) atoms. The SMILES string of the molecule is CC(C)CNC(=O)CC(=O)C(C)C. The van der Waals surface area contributed by atoms with Crippen LogP contribution in [-0.2, 0) is 9.59 Å². The summed E-state index contributed by atoms with van der Waals surface area (Å²) in [7, 11) is 0. The van der Waals surface area contributed by atoms with Gasteiger partial charge < -0.3 is 5.32 Å². The molecule has 0 radical (unpaired) electrons. The van der Waals surface area contributed by atoms with Gasteiger partial charge >= 0.3 is 0 Å². The lowest BCUT2D eigenvalue weighted by Gasteiger charge is -2.07. The second-order valence-electron chi connectivity index (χ2n) is 4.00. The first kappa shape index (κ1) is 12.1. The minimum atomic E-state index is -0.160. The van der Waals surface area contributed by atoms with Crippen LogP contribution in [0, 0.1) is 11.8 Å². The fourth-order valence-electron chi connectivity index (χ4n) is 0.743. The Morgan fingerprint density at radius 2 is 1.69 bits per heavy atom. The summed E-state index contributed by atoms with van der Waals surface area (Å²) >= 11 is 0. The lowest BCUT2D eigenvalue weighted by atomic mass is 10.1. The van der Waals surface area contributed by atoms with Crippen molar-refractivity contribution in [2.24, 2.45) is 11.8 Å². The highest BCUT2D eigenvalue weighted by molar-refractivity contribution is 5.98. The topological polar surface area (TPSA) is 46.2 Å². The fraction of sp³-hybridized carbons (Fsp3) is 0.800. The number of hydrogen-bond donors (Lipinski definition) is 1. The van der Waals surface area contributed by atoms with E-state index in [1.807, 2.05) is 13.8 Å². The molecule has 0 aliphatic rings. The summed E-state index contributed by atoms with van der Waals surface area (Å²) in [5.41, 5.74) is 0. The van der Waals surface area contributed by atoms with Gasteiger partial charge in [-0.15, -0.1) is 0 Å². The van der Waals surface area contributed by atoms with Crippen molar-refractivity contribution in [3.05, 3.63) is 0 Å². The number of nitrogens with one attached hydrogen (secondary N) is 1. The van der Waals surface area contributed by atoms with Crippen molar-refractivity contribution < 1.29 is 9.59 Å². The van der Waals surface area contributed by atoms with Crippen LogP contribution in [-0.4, -0.2) is 18.2 Å². The minimum Gasteiger partial charge on any atom is -0.355 e. The van der Waals surface area contributed by atoms with Crippen molar-refractivity contribution in [3.63, 3.8) is 0 Å². The Hall–Kier alpha value is -0.860. The normalized spacial score (nSPS) is 10.6. The van der Waals surface area contributed by atoms with Gasteiger partial charge in [0.1, 0.15) is 5.78 Å². The number of ketones is 1. The molecular weight excluding hydrogens is 166 g/mol. The molecule has 0 fully saturated rings. The number of amides is 1. The number of carbonyl (C=O) groups is 2. The van der Waals surface area contributed by atoms with E-state index in [0.717, 1.165) is 0 Å². The second kappa shape index (κ2) is 5.73. The van der Waals surface area contributed by atoms with E-state index < -0.39 is 0 Å². The number of hydrogen-bond acceptors (Lipinski definition) is 2. The van der Waals surface area contributed by atoms with E-state index in [2.05, 4.69) is 5.32 Å². The fourth-order valence-corrected chi connectivity index (χ4v) is 0.743. The highest BCUT2D eigenvalue weighted by Gasteiger charge is 2.12. The van der Waals surface area contributed by atoms with Crippen molar-refractivity contribution >= 4 is 11.7 Å². The zero-order valence-corrected chi connectivity index (χ0v) is 8.89. The standard InChI is InChI=1S/C10H19NO2/c1-7(2)6-11-10(13)5-9(12)8(3)4/h7-8H,5-6H2,1-4H3,(H,11,13). The molecule has 0 unspecified atom stereocenters. The molecule has 0 saturated heterocycles. The molecule has 76 valence electrons. The van der Waals surface area contributed by atoms with Crippen LogP contribution in [0.5, 0.6) is 0 Å². The highest BCUT2D eigenvalue weighted by Crippen LogP contribution is 1.98. The number of rotatable bonds is 5. The Morgan fingerprint density at radius 1 is 1.15 bits per heavy atom. The van der Waals surface area contributed by atoms with E-state index in [9.17, 15) is 9.59 Å². The summed E-state index contributed by atoms with van der Waals surface area (Å²) in [6.45, 7) is 8.29. The minimum absolute atomic E-state index is 0.00116. The van der Waals surface area contributed by atoms with Gasteiger partial charge in [-0.2, -0.15) is 0 Å². The average Bonchev–Trinajstić information content (AvgIpc) is 2.00. The molecule has 1 N–H and O–H groups in total. The molecule has 0 aromatic heterocycles. The Morgan fingerprint density at radius 3 is 2.08 bits per heavy atom. The Bertz CT molecular complexity index is 185. The summed E-state index contributed by atoms with van der Waals surface area (Å²) in [5.74, 6) is 0.219. The Balaban J connectivity index is 3.69. The third-order valence-electron chi connectivity index (χ3n) is 1.69. The molecule has 0 atom stereocenters. The molecule has 0 spiro atoms. The summed E-state index contributed by atoms with van der Waals surface area (Å²) in [6.07, 6.45) is 0.0182. The van der Waals surface area contributed by atoms with Gasteiger partial charge in [0, 0.05) is 12.5 Å². The molecule has 3 nitrogen and oxygen atoms in total. The largest absolute Gasteiger partial charge is 0.355 e. The molecule has 0 aromatic carbocycles. The van der Waals surface area contributed by atoms with E-state index in [4.69, 9.17) is 0 Å². The number of Topliss-reactive ketones (excluding diaryl/α,β-unsaturated/α-hetero) is 1. The quantitative estimate of drug-likeness (QED) is 0.658. The lowest BCUT2D eigenvalue weighted by molar-refractivity contribution is -0.129. The van der Waals surface area contributed by atoms with Crippen LogP contribution < -0.4 is 5.32 Å². The maximum absolute atomic E-state index is 11.1. The zero-order valence-electron chi connectivity index (χ0n) is 8.89. The van der Waals surface area contributed by atoms with E-state index in [1.54, 1.807) is 13.8 Å². The van der Waals surface area contributed by atoms with E-state index >= 15 is 0 Å². The van der Waals surface area contributed by atoms with Crippen LogP contribution in [0.15, 0.2) is 0 Å². The summed E-state index contributed by atoms with van der Waals surface area (Å²) in [6, 6.07) is 0. The second-order valence-corrected chi connectivity index (χ2v) is 4.00. The lowest BCUT2D eigenvalue weighted by Crippen LogP contribution is -2.30. The van der Waals surface area contributed by atoms with Gasteiger partial charge in [-0.05, 0) is 5.92 Å². The molecule has 0 bridgehead atoms. The van der Waals surface area contributed by atoms with Gasteiger partial charge in [-0.1, -0.05) is 27.7 Å².